The molecule has 0 saturated carbocycles. The molecule has 3 N–H and O–H groups in total. The SMILES string of the molecule is CC1CCN(Cc2cccc(OCCCCNc3nnc(N)s3)c2)C1. The van der Waals surface area contributed by atoms with Crippen LogP contribution in [-0.4, -0.2) is 41.3 Å². The summed E-state index contributed by atoms with van der Waals surface area (Å²) in [6.07, 6.45) is 3.33. The van der Waals surface area contributed by atoms with Gasteiger partial charge in [-0.05, 0) is 49.4 Å². The lowest BCUT2D eigenvalue weighted by Gasteiger charge is -2.16. The van der Waals surface area contributed by atoms with Crippen molar-refractivity contribution < 1.29 is 4.74 Å². The summed E-state index contributed by atoms with van der Waals surface area (Å²) in [5.74, 6) is 1.79. The van der Waals surface area contributed by atoms with Crippen LogP contribution in [0.5, 0.6) is 5.75 Å². The van der Waals surface area contributed by atoms with Crippen LogP contribution in [0, 0.1) is 5.92 Å². The van der Waals surface area contributed by atoms with Crippen molar-refractivity contribution in [1.82, 2.24) is 15.1 Å². The number of benzene rings is 1. The predicted octanol–water partition coefficient (Wildman–Crippen LogP) is 3.23. The maximum atomic E-state index is 5.90. The van der Waals surface area contributed by atoms with Crippen molar-refractivity contribution in [2.24, 2.45) is 5.92 Å². The van der Waals surface area contributed by atoms with Gasteiger partial charge in [0.05, 0.1) is 6.61 Å². The first-order chi connectivity index (χ1) is 12.2. The van der Waals surface area contributed by atoms with E-state index in [1.54, 1.807) is 0 Å². The molecule has 1 aliphatic heterocycles. The first-order valence-corrected chi connectivity index (χ1v) is 9.77. The average molecular weight is 362 g/mol. The lowest BCUT2D eigenvalue weighted by molar-refractivity contribution is 0.303. The first kappa shape index (κ1) is 17.9. The summed E-state index contributed by atoms with van der Waals surface area (Å²) in [6, 6.07) is 8.49. The number of hydrogen-bond donors (Lipinski definition) is 2. The van der Waals surface area contributed by atoms with Gasteiger partial charge >= 0.3 is 0 Å². The van der Waals surface area contributed by atoms with E-state index in [2.05, 4.69) is 45.5 Å². The van der Waals surface area contributed by atoms with Gasteiger partial charge in [-0.25, -0.2) is 0 Å². The molecule has 1 aliphatic rings. The van der Waals surface area contributed by atoms with Gasteiger partial charge in [0, 0.05) is 19.6 Å². The number of nitrogens with one attached hydrogen (secondary N) is 1. The quantitative estimate of drug-likeness (QED) is 0.668. The van der Waals surface area contributed by atoms with Crippen molar-refractivity contribution in [3.05, 3.63) is 29.8 Å². The van der Waals surface area contributed by atoms with Crippen LogP contribution in [-0.2, 0) is 6.54 Å². The molecular formula is C18H27N5OS. The van der Waals surface area contributed by atoms with Gasteiger partial charge in [0.1, 0.15) is 5.75 Å². The first-order valence-electron chi connectivity index (χ1n) is 8.96. The van der Waals surface area contributed by atoms with E-state index in [4.69, 9.17) is 10.5 Å². The Bertz CT molecular complexity index is 662. The highest BCUT2D eigenvalue weighted by Crippen LogP contribution is 2.20. The number of unbranched alkanes of at least 4 members (excludes halogenated alkanes) is 1. The number of nitrogens with zero attached hydrogens (tertiary/aromatic N) is 3. The zero-order valence-corrected chi connectivity index (χ0v) is 15.6. The third kappa shape index (κ3) is 5.86. The second-order valence-electron chi connectivity index (χ2n) is 6.70. The molecule has 3 rings (SSSR count). The molecule has 2 aromatic rings. The summed E-state index contributed by atoms with van der Waals surface area (Å²) in [4.78, 5) is 2.52. The molecule has 6 nitrogen and oxygen atoms in total. The molecule has 0 radical (unpaired) electrons. The van der Waals surface area contributed by atoms with Gasteiger partial charge in [0.2, 0.25) is 10.3 Å². The van der Waals surface area contributed by atoms with Crippen molar-refractivity contribution in [2.75, 3.05) is 37.3 Å². The van der Waals surface area contributed by atoms with E-state index in [0.717, 1.165) is 49.3 Å². The fraction of sp³-hybridized carbons (Fsp3) is 0.556. The second-order valence-corrected chi connectivity index (χ2v) is 7.71. The van der Waals surface area contributed by atoms with Crippen molar-refractivity contribution in [3.63, 3.8) is 0 Å². The van der Waals surface area contributed by atoms with Gasteiger partial charge in [-0.3, -0.25) is 4.90 Å². The highest BCUT2D eigenvalue weighted by atomic mass is 32.1. The van der Waals surface area contributed by atoms with E-state index < -0.39 is 0 Å². The number of aromatic nitrogens is 2. The number of hydrogen-bond acceptors (Lipinski definition) is 7. The minimum atomic E-state index is 0.495. The molecule has 0 aliphatic carbocycles. The third-order valence-electron chi connectivity index (χ3n) is 4.37. The number of nitrogens with two attached hydrogens (primary N) is 1. The molecule has 1 saturated heterocycles. The molecule has 1 unspecified atom stereocenters. The molecule has 0 amide bonds. The van der Waals surface area contributed by atoms with E-state index in [-0.39, 0.29) is 0 Å². The Morgan fingerprint density at radius 3 is 3.04 bits per heavy atom. The number of nitrogen functional groups attached to an aromatic ring is 1. The summed E-state index contributed by atoms with van der Waals surface area (Å²) in [5, 5.41) is 12.2. The number of anilines is 2. The summed E-state index contributed by atoms with van der Waals surface area (Å²) in [5.41, 5.74) is 6.88. The zero-order valence-electron chi connectivity index (χ0n) is 14.8. The van der Waals surface area contributed by atoms with Crippen LogP contribution in [0.2, 0.25) is 0 Å². The van der Waals surface area contributed by atoms with Crippen molar-refractivity contribution in [1.29, 1.82) is 0 Å². The van der Waals surface area contributed by atoms with Crippen LogP contribution < -0.4 is 15.8 Å². The molecule has 7 heteroatoms. The number of ether oxygens (including phenoxy) is 1. The fourth-order valence-corrected chi connectivity index (χ4v) is 3.62. The Labute approximate surface area is 153 Å². The summed E-state index contributed by atoms with van der Waals surface area (Å²) in [7, 11) is 0. The van der Waals surface area contributed by atoms with E-state index in [0.29, 0.717) is 5.13 Å². The Balaban J connectivity index is 1.33. The molecule has 0 bridgehead atoms. The Morgan fingerprint density at radius 1 is 1.36 bits per heavy atom. The van der Waals surface area contributed by atoms with Crippen molar-refractivity contribution in [3.8, 4) is 5.75 Å². The van der Waals surface area contributed by atoms with Gasteiger partial charge in [0.25, 0.3) is 0 Å². The summed E-state index contributed by atoms with van der Waals surface area (Å²) < 4.78 is 5.90. The van der Waals surface area contributed by atoms with Crippen LogP contribution >= 0.6 is 11.3 Å². The second kappa shape index (κ2) is 9.01. The van der Waals surface area contributed by atoms with Gasteiger partial charge in [-0.1, -0.05) is 30.4 Å². The smallest absolute Gasteiger partial charge is 0.207 e. The minimum Gasteiger partial charge on any atom is -0.494 e. The highest BCUT2D eigenvalue weighted by molar-refractivity contribution is 7.18. The third-order valence-corrected chi connectivity index (χ3v) is 5.08. The van der Waals surface area contributed by atoms with Crippen LogP contribution in [0.3, 0.4) is 0 Å². The van der Waals surface area contributed by atoms with E-state index in [1.807, 2.05) is 6.07 Å². The van der Waals surface area contributed by atoms with Gasteiger partial charge in [-0.2, -0.15) is 0 Å². The normalized spacial score (nSPS) is 17.7. The molecule has 2 heterocycles. The van der Waals surface area contributed by atoms with Crippen LogP contribution in [0.1, 0.15) is 31.7 Å². The molecule has 1 aromatic carbocycles. The Morgan fingerprint density at radius 2 is 2.28 bits per heavy atom. The molecule has 1 atom stereocenters. The van der Waals surface area contributed by atoms with Crippen LogP contribution in [0.4, 0.5) is 10.3 Å². The topological polar surface area (TPSA) is 76.3 Å². The molecule has 1 fully saturated rings. The Hall–Kier alpha value is -1.86. The van der Waals surface area contributed by atoms with Gasteiger partial charge in [-0.15, -0.1) is 10.2 Å². The van der Waals surface area contributed by atoms with E-state index >= 15 is 0 Å². The number of likely N-dealkylation sites (tertiary alicyclic amines) is 1. The monoisotopic (exact) mass is 361 g/mol. The van der Waals surface area contributed by atoms with Crippen molar-refractivity contribution >= 4 is 21.6 Å². The number of rotatable bonds is 9. The maximum Gasteiger partial charge on any atom is 0.207 e. The largest absolute Gasteiger partial charge is 0.494 e. The Kier molecular flexibility index (Phi) is 6.47. The predicted molar refractivity (Wildman–Crippen MR) is 103 cm³/mol. The van der Waals surface area contributed by atoms with E-state index in [1.165, 1.54) is 36.4 Å². The standard InChI is InChI=1S/C18H27N5OS/c1-14-7-9-23(12-14)13-15-5-4-6-16(11-15)24-10-3-2-8-20-18-22-21-17(19)25-18/h4-6,11,14H,2-3,7-10,12-13H2,1H3,(H2,19,21)(H,20,22). The van der Waals surface area contributed by atoms with E-state index in [9.17, 15) is 0 Å². The fourth-order valence-electron chi connectivity index (χ4n) is 3.08. The summed E-state index contributed by atoms with van der Waals surface area (Å²) >= 11 is 1.37. The lowest BCUT2D eigenvalue weighted by atomic mass is 10.2. The molecule has 1 aromatic heterocycles. The minimum absolute atomic E-state index is 0.495. The van der Waals surface area contributed by atoms with Gasteiger partial charge in [0.15, 0.2) is 0 Å². The average Bonchev–Trinajstić information content (AvgIpc) is 3.19. The van der Waals surface area contributed by atoms with Gasteiger partial charge < -0.3 is 15.8 Å². The lowest BCUT2D eigenvalue weighted by Crippen LogP contribution is -2.19. The zero-order chi connectivity index (χ0) is 17.5. The molecule has 0 spiro atoms. The van der Waals surface area contributed by atoms with Crippen LogP contribution in [0.25, 0.3) is 0 Å². The molecule has 25 heavy (non-hydrogen) atoms. The maximum absolute atomic E-state index is 5.90. The van der Waals surface area contributed by atoms with Crippen molar-refractivity contribution in [2.45, 2.75) is 32.7 Å². The van der Waals surface area contributed by atoms with Crippen LogP contribution in [0.15, 0.2) is 24.3 Å². The summed E-state index contributed by atoms with van der Waals surface area (Å²) in [6.45, 7) is 7.35. The highest BCUT2D eigenvalue weighted by Gasteiger charge is 2.18. The molecule has 136 valence electrons. The molecular weight excluding hydrogens is 334 g/mol.